The van der Waals surface area contributed by atoms with Crippen LogP contribution in [0.25, 0.3) is 0 Å². The Morgan fingerprint density at radius 2 is 1.65 bits per heavy atom. The average Bonchev–Trinajstić information content (AvgIpc) is 2.42. The number of hydrogen-bond donors (Lipinski definition) is 0. The third-order valence-electron chi connectivity index (χ3n) is 4.71. The van der Waals surface area contributed by atoms with E-state index in [1.807, 2.05) is 0 Å². The molecule has 17 heavy (non-hydrogen) atoms. The summed E-state index contributed by atoms with van der Waals surface area (Å²) in [5, 5.41) is 0. The van der Waals surface area contributed by atoms with Crippen molar-refractivity contribution in [1.82, 2.24) is 0 Å². The highest BCUT2D eigenvalue weighted by Crippen LogP contribution is 2.40. The third-order valence-corrected chi connectivity index (χ3v) is 4.71. The van der Waals surface area contributed by atoms with Crippen LogP contribution in [0.2, 0.25) is 0 Å². The van der Waals surface area contributed by atoms with E-state index in [9.17, 15) is 0 Å². The van der Waals surface area contributed by atoms with E-state index in [0.717, 1.165) is 17.8 Å². The predicted octanol–water partition coefficient (Wildman–Crippen LogP) is 5.40. The fraction of sp³-hybridized carbons (Fsp3) is 0.647. The van der Waals surface area contributed by atoms with Gasteiger partial charge in [0.25, 0.3) is 0 Å². The van der Waals surface area contributed by atoms with E-state index >= 15 is 0 Å². The summed E-state index contributed by atoms with van der Waals surface area (Å²) >= 11 is 0. The minimum Gasteiger partial charge on any atom is -0.0651 e. The van der Waals surface area contributed by atoms with Gasteiger partial charge in [0.2, 0.25) is 0 Å². The molecule has 0 N–H and O–H groups in total. The summed E-state index contributed by atoms with van der Waals surface area (Å²) < 4.78 is 0. The summed E-state index contributed by atoms with van der Waals surface area (Å²) in [6.07, 6.45) is 8.51. The topological polar surface area (TPSA) is 0 Å². The van der Waals surface area contributed by atoms with Gasteiger partial charge >= 0.3 is 0 Å². The van der Waals surface area contributed by atoms with Crippen LogP contribution in [0.15, 0.2) is 30.3 Å². The minimum atomic E-state index is 0.800. The zero-order chi connectivity index (χ0) is 12.1. The Morgan fingerprint density at radius 1 is 1.00 bits per heavy atom. The number of rotatable bonds is 4. The highest BCUT2D eigenvalue weighted by molar-refractivity contribution is 5.20. The van der Waals surface area contributed by atoms with Crippen LogP contribution < -0.4 is 0 Å². The van der Waals surface area contributed by atoms with Crippen molar-refractivity contribution in [2.45, 2.75) is 58.3 Å². The molecule has 1 aliphatic rings. The molecule has 1 saturated carbocycles. The Balaban J connectivity index is 2.00. The summed E-state index contributed by atoms with van der Waals surface area (Å²) in [5.74, 6) is 2.75. The first-order valence-electron chi connectivity index (χ1n) is 7.40. The molecule has 1 aromatic rings. The quantitative estimate of drug-likeness (QED) is 0.650. The fourth-order valence-corrected chi connectivity index (χ4v) is 3.54. The third kappa shape index (κ3) is 3.12. The molecule has 0 heteroatoms. The molecule has 2 rings (SSSR count). The summed E-state index contributed by atoms with van der Waals surface area (Å²) in [7, 11) is 0. The Bertz CT molecular complexity index is 306. The zero-order valence-electron chi connectivity index (χ0n) is 11.4. The van der Waals surface area contributed by atoms with E-state index in [-0.39, 0.29) is 0 Å². The summed E-state index contributed by atoms with van der Waals surface area (Å²) in [4.78, 5) is 0. The van der Waals surface area contributed by atoms with Gasteiger partial charge in [-0.1, -0.05) is 63.4 Å². The summed E-state index contributed by atoms with van der Waals surface area (Å²) in [6, 6.07) is 11.1. The van der Waals surface area contributed by atoms with Crippen molar-refractivity contribution in [3.05, 3.63) is 35.9 Å². The standard InChI is InChI=1S/C17H26/c1-3-14-10-12-16(13-11-14)17(4-2)15-8-6-5-7-9-15/h5-9,14,16-17H,3-4,10-13H2,1-2H3. The van der Waals surface area contributed by atoms with E-state index < -0.39 is 0 Å². The van der Waals surface area contributed by atoms with Crippen molar-refractivity contribution < 1.29 is 0 Å². The minimum absolute atomic E-state index is 0.800. The lowest BCUT2D eigenvalue weighted by atomic mass is 9.72. The molecule has 1 fully saturated rings. The van der Waals surface area contributed by atoms with E-state index in [0.29, 0.717) is 0 Å². The second kappa shape index (κ2) is 6.23. The van der Waals surface area contributed by atoms with Gasteiger partial charge in [0.1, 0.15) is 0 Å². The Labute approximate surface area is 106 Å². The molecule has 0 amide bonds. The molecule has 1 aromatic carbocycles. The van der Waals surface area contributed by atoms with Gasteiger partial charge in [-0.3, -0.25) is 0 Å². The van der Waals surface area contributed by atoms with Crippen LogP contribution in [0.5, 0.6) is 0 Å². The van der Waals surface area contributed by atoms with E-state index in [1.54, 1.807) is 5.56 Å². The van der Waals surface area contributed by atoms with Crippen LogP contribution in [0, 0.1) is 11.8 Å². The normalized spacial score (nSPS) is 26.7. The second-order valence-corrected chi connectivity index (χ2v) is 5.61. The molecule has 0 heterocycles. The monoisotopic (exact) mass is 230 g/mol. The molecule has 0 saturated heterocycles. The van der Waals surface area contributed by atoms with Crippen LogP contribution in [0.1, 0.15) is 63.9 Å². The fourth-order valence-electron chi connectivity index (χ4n) is 3.54. The maximum atomic E-state index is 2.35. The molecule has 0 radical (unpaired) electrons. The highest BCUT2D eigenvalue weighted by atomic mass is 14.3. The van der Waals surface area contributed by atoms with Crippen LogP contribution in [-0.4, -0.2) is 0 Å². The molecule has 1 atom stereocenters. The Hall–Kier alpha value is -0.780. The van der Waals surface area contributed by atoms with Crippen LogP contribution in [-0.2, 0) is 0 Å². The molecular weight excluding hydrogens is 204 g/mol. The van der Waals surface area contributed by atoms with Crippen molar-refractivity contribution in [2.24, 2.45) is 11.8 Å². The summed E-state index contributed by atoms with van der Waals surface area (Å²) in [5.41, 5.74) is 1.56. The lowest BCUT2D eigenvalue weighted by Crippen LogP contribution is -2.20. The van der Waals surface area contributed by atoms with Gasteiger partial charge in [-0.05, 0) is 42.6 Å². The molecule has 0 nitrogen and oxygen atoms in total. The van der Waals surface area contributed by atoms with Crippen molar-refractivity contribution in [1.29, 1.82) is 0 Å². The molecule has 0 spiro atoms. The highest BCUT2D eigenvalue weighted by Gasteiger charge is 2.26. The smallest absolute Gasteiger partial charge is 0.0136 e. The number of benzene rings is 1. The Morgan fingerprint density at radius 3 is 2.18 bits per heavy atom. The van der Waals surface area contributed by atoms with Crippen LogP contribution in [0.4, 0.5) is 0 Å². The first-order valence-corrected chi connectivity index (χ1v) is 7.40. The SMILES string of the molecule is CCC1CCC(C(CC)c2ccccc2)CC1. The number of hydrogen-bond acceptors (Lipinski definition) is 0. The molecule has 1 unspecified atom stereocenters. The van der Waals surface area contributed by atoms with Gasteiger partial charge in [0.05, 0.1) is 0 Å². The van der Waals surface area contributed by atoms with Crippen molar-refractivity contribution in [2.75, 3.05) is 0 Å². The predicted molar refractivity (Wildman–Crippen MR) is 75.2 cm³/mol. The maximum absolute atomic E-state index is 2.35. The lowest BCUT2D eigenvalue weighted by molar-refractivity contribution is 0.235. The van der Waals surface area contributed by atoms with Gasteiger partial charge in [0.15, 0.2) is 0 Å². The van der Waals surface area contributed by atoms with E-state index in [2.05, 4.69) is 44.2 Å². The van der Waals surface area contributed by atoms with Crippen molar-refractivity contribution >= 4 is 0 Å². The molecule has 1 aliphatic carbocycles. The van der Waals surface area contributed by atoms with Crippen LogP contribution in [0.3, 0.4) is 0 Å². The van der Waals surface area contributed by atoms with Gasteiger partial charge < -0.3 is 0 Å². The van der Waals surface area contributed by atoms with Gasteiger partial charge in [0, 0.05) is 0 Å². The van der Waals surface area contributed by atoms with Gasteiger partial charge in [-0.2, -0.15) is 0 Å². The molecule has 0 aromatic heterocycles. The van der Waals surface area contributed by atoms with Gasteiger partial charge in [-0.25, -0.2) is 0 Å². The second-order valence-electron chi connectivity index (χ2n) is 5.61. The first kappa shape index (κ1) is 12.7. The van der Waals surface area contributed by atoms with E-state index in [1.165, 1.54) is 38.5 Å². The Kier molecular flexibility index (Phi) is 4.65. The molecular formula is C17H26. The largest absolute Gasteiger partial charge is 0.0651 e. The molecule has 94 valence electrons. The average molecular weight is 230 g/mol. The maximum Gasteiger partial charge on any atom is -0.0136 e. The molecule has 0 bridgehead atoms. The summed E-state index contributed by atoms with van der Waals surface area (Å²) in [6.45, 7) is 4.70. The molecule has 0 aliphatic heterocycles. The van der Waals surface area contributed by atoms with E-state index in [4.69, 9.17) is 0 Å². The zero-order valence-corrected chi connectivity index (χ0v) is 11.4. The van der Waals surface area contributed by atoms with Crippen molar-refractivity contribution in [3.63, 3.8) is 0 Å². The van der Waals surface area contributed by atoms with Crippen LogP contribution >= 0.6 is 0 Å². The van der Waals surface area contributed by atoms with Crippen molar-refractivity contribution in [3.8, 4) is 0 Å². The van der Waals surface area contributed by atoms with Gasteiger partial charge in [-0.15, -0.1) is 0 Å². The lowest BCUT2D eigenvalue weighted by Gasteiger charge is -2.33. The first-order chi connectivity index (χ1) is 8.35.